The van der Waals surface area contributed by atoms with Gasteiger partial charge in [-0.15, -0.1) is 0 Å². The Kier molecular flexibility index (Phi) is 5.45. The van der Waals surface area contributed by atoms with E-state index in [1.165, 1.54) is 11.1 Å². The quantitative estimate of drug-likeness (QED) is 0.769. The van der Waals surface area contributed by atoms with Gasteiger partial charge in [0.2, 0.25) is 0 Å². The average molecular weight is 289 g/mol. The van der Waals surface area contributed by atoms with Gasteiger partial charge in [0.05, 0.1) is 0 Å². The molecule has 1 atom stereocenters. The molecule has 2 aromatic rings. The number of hydrogen-bond donors (Lipinski definition) is 2. The Hall–Kier alpha value is -1.51. The van der Waals surface area contributed by atoms with Crippen molar-refractivity contribution < 1.29 is 0 Å². The predicted molar refractivity (Wildman–Crippen MR) is 87.5 cm³/mol. The second-order valence-corrected chi connectivity index (χ2v) is 5.41. The molecule has 2 nitrogen and oxygen atoms in total. The second-order valence-electron chi connectivity index (χ2n) is 4.97. The summed E-state index contributed by atoms with van der Waals surface area (Å²) in [4.78, 5) is 0. The maximum atomic E-state index is 6.00. The molecule has 0 aliphatic heterocycles. The van der Waals surface area contributed by atoms with Gasteiger partial charge in [0.1, 0.15) is 0 Å². The lowest BCUT2D eigenvalue weighted by Crippen LogP contribution is -2.25. The first-order valence-electron chi connectivity index (χ1n) is 6.95. The summed E-state index contributed by atoms with van der Waals surface area (Å²) in [6.07, 6.45) is 0. The van der Waals surface area contributed by atoms with Crippen LogP contribution in [0.1, 0.15) is 24.1 Å². The SMILES string of the molecule is Cc1ccc(Cl)cc1NCCNC(C)c1ccccc1. The molecule has 0 saturated heterocycles. The third kappa shape index (κ3) is 4.26. The average Bonchev–Trinajstić information content (AvgIpc) is 2.47. The summed E-state index contributed by atoms with van der Waals surface area (Å²) in [5.74, 6) is 0. The minimum absolute atomic E-state index is 0.360. The molecule has 0 heterocycles. The Balaban J connectivity index is 1.78. The molecule has 0 aromatic heterocycles. The molecule has 0 aliphatic rings. The molecule has 0 fully saturated rings. The highest BCUT2D eigenvalue weighted by atomic mass is 35.5. The summed E-state index contributed by atoms with van der Waals surface area (Å²) in [6.45, 7) is 6.04. The van der Waals surface area contributed by atoms with Gasteiger partial charge >= 0.3 is 0 Å². The number of halogens is 1. The lowest BCUT2D eigenvalue weighted by atomic mass is 10.1. The summed E-state index contributed by atoms with van der Waals surface area (Å²) in [5.41, 5.74) is 3.63. The van der Waals surface area contributed by atoms with Crippen molar-refractivity contribution in [3.63, 3.8) is 0 Å². The number of anilines is 1. The normalized spacial score (nSPS) is 12.2. The third-order valence-corrected chi connectivity index (χ3v) is 3.63. The summed E-state index contributed by atoms with van der Waals surface area (Å²) in [6, 6.07) is 16.7. The Morgan fingerprint density at radius 2 is 1.80 bits per heavy atom. The maximum absolute atomic E-state index is 6.00. The van der Waals surface area contributed by atoms with Crippen molar-refractivity contribution in [2.24, 2.45) is 0 Å². The van der Waals surface area contributed by atoms with Gasteiger partial charge < -0.3 is 10.6 Å². The molecule has 0 spiro atoms. The molecule has 106 valence electrons. The molecule has 0 amide bonds. The highest BCUT2D eigenvalue weighted by Gasteiger charge is 2.03. The van der Waals surface area contributed by atoms with Crippen LogP contribution in [-0.4, -0.2) is 13.1 Å². The van der Waals surface area contributed by atoms with Crippen molar-refractivity contribution in [2.75, 3.05) is 18.4 Å². The Labute approximate surface area is 126 Å². The van der Waals surface area contributed by atoms with E-state index in [4.69, 9.17) is 11.6 Å². The number of rotatable bonds is 6. The van der Waals surface area contributed by atoms with Crippen molar-refractivity contribution in [2.45, 2.75) is 19.9 Å². The van der Waals surface area contributed by atoms with Crippen LogP contribution in [0.5, 0.6) is 0 Å². The van der Waals surface area contributed by atoms with Crippen molar-refractivity contribution >= 4 is 17.3 Å². The van der Waals surface area contributed by atoms with E-state index in [1.54, 1.807) is 0 Å². The lowest BCUT2D eigenvalue weighted by Gasteiger charge is -2.15. The van der Waals surface area contributed by atoms with Gasteiger partial charge in [0.25, 0.3) is 0 Å². The fourth-order valence-electron chi connectivity index (χ4n) is 2.13. The maximum Gasteiger partial charge on any atom is 0.0426 e. The molecule has 0 radical (unpaired) electrons. The molecule has 3 heteroatoms. The molecule has 1 unspecified atom stereocenters. The van der Waals surface area contributed by atoms with Gasteiger partial charge in [0.15, 0.2) is 0 Å². The van der Waals surface area contributed by atoms with Gasteiger partial charge in [-0.1, -0.05) is 48.0 Å². The Morgan fingerprint density at radius 1 is 1.05 bits per heavy atom. The number of hydrogen-bond acceptors (Lipinski definition) is 2. The van der Waals surface area contributed by atoms with Crippen LogP contribution in [0.25, 0.3) is 0 Å². The smallest absolute Gasteiger partial charge is 0.0426 e. The van der Waals surface area contributed by atoms with Crippen LogP contribution in [0.3, 0.4) is 0 Å². The summed E-state index contributed by atoms with van der Waals surface area (Å²) in [7, 11) is 0. The standard InChI is InChI=1S/C17H21ClN2/c1-13-8-9-16(18)12-17(13)20-11-10-19-14(2)15-6-4-3-5-7-15/h3-9,12,14,19-20H,10-11H2,1-2H3. The van der Waals surface area contributed by atoms with Gasteiger partial charge in [-0.3, -0.25) is 0 Å². The molecule has 0 saturated carbocycles. The summed E-state index contributed by atoms with van der Waals surface area (Å²) >= 11 is 6.00. The fraction of sp³-hybridized carbons (Fsp3) is 0.294. The molecule has 2 rings (SSSR count). The monoisotopic (exact) mass is 288 g/mol. The van der Waals surface area contributed by atoms with Crippen LogP contribution >= 0.6 is 11.6 Å². The van der Waals surface area contributed by atoms with E-state index >= 15 is 0 Å². The molecule has 2 aromatic carbocycles. The first-order valence-corrected chi connectivity index (χ1v) is 7.33. The van der Waals surface area contributed by atoms with Gasteiger partial charge in [-0.25, -0.2) is 0 Å². The molecule has 0 bridgehead atoms. The zero-order valence-corrected chi connectivity index (χ0v) is 12.7. The van der Waals surface area contributed by atoms with Crippen LogP contribution in [0.15, 0.2) is 48.5 Å². The minimum Gasteiger partial charge on any atom is -0.384 e. The highest BCUT2D eigenvalue weighted by molar-refractivity contribution is 6.30. The second kappa shape index (κ2) is 7.32. The fourth-order valence-corrected chi connectivity index (χ4v) is 2.30. The first-order chi connectivity index (χ1) is 9.66. The topological polar surface area (TPSA) is 24.1 Å². The van der Waals surface area contributed by atoms with Crippen LogP contribution in [0, 0.1) is 6.92 Å². The van der Waals surface area contributed by atoms with E-state index in [9.17, 15) is 0 Å². The van der Waals surface area contributed by atoms with Crippen LogP contribution in [0.4, 0.5) is 5.69 Å². The third-order valence-electron chi connectivity index (χ3n) is 3.39. The zero-order chi connectivity index (χ0) is 14.4. The molecule has 2 N–H and O–H groups in total. The molecular formula is C17H21ClN2. The van der Waals surface area contributed by atoms with E-state index in [0.717, 1.165) is 23.8 Å². The van der Waals surface area contributed by atoms with Gasteiger partial charge in [-0.05, 0) is 37.1 Å². The molecule has 20 heavy (non-hydrogen) atoms. The van der Waals surface area contributed by atoms with Crippen molar-refractivity contribution in [3.05, 3.63) is 64.7 Å². The number of aryl methyl sites for hydroxylation is 1. The Morgan fingerprint density at radius 3 is 2.55 bits per heavy atom. The van der Waals surface area contributed by atoms with Crippen molar-refractivity contribution in [1.29, 1.82) is 0 Å². The lowest BCUT2D eigenvalue weighted by molar-refractivity contribution is 0.588. The highest BCUT2D eigenvalue weighted by Crippen LogP contribution is 2.19. The Bertz CT molecular complexity index is 540. The minimum atomic E-state index is 0.360. The first kappa shape index (κ1) is 14.9. The number of nitrogens with one attached hydrogen (secondary N) is 2. The summed E-state index contributed by atoms with van der Waals surface area (Å²) < 4.78 is 0. The molecule has 0 aliphatic carbocycles. The predicted octanol–water partition coefficient (Wildman–Crippen LogP) is 4.41. The van der Waals surface area contributed by atoms with E-state index in [0.29, 0.717) is 6.04 Å². The van der Waals surface area contributed by atoms with E-state index in [-0.39, 0.29) is 0 Å². The van der Waals surface area contributed by atoms with Crippen LogP contribution in [-0.2, 0) is 0 Å². The van der Waals surface area contributed by atoms with E-state index in [1.807, 2.05) is 24.3 Å². The number of benzene rings is 2. The van der Waals surface area contributed by atoms with Gasteiger partial charge in [0, 0.05) is 29.8 Å². The summed E-state index contributed by atoms with van der Waals surface area (Å²) in [5, 5.41) is 7.69. The van der Waals surface area contributed by atoms with Crippen molar-refractivity contribution in [3.8, 4) is 0 Å². The zero-order valence-electron chi connectivity index (χ0n) is 12.0. The largest absolute Gasteiger partial charge is 0.384 e. The van der Waals surface area contributed by atoms with Gasteiger partial charge in [-0.2, -0.15) is 0 Å². The van der Waals surface area contributed by atoms with E-state index in [2.05, 4.69) is 48.7 Å². The molecular weight excluding hydrogens is 268 g/mol. The van der Waals surface area contributed by atoms with E-state index < -0.39 is 0 Å². The van der Waals surface area contributed by atoms with Crippen LogP contribution in [0.2, 0.25) is 5.02 Å². The van der Waals surface area contributed by atoms with Crippen LogP contribution < -0.4 is 10.6 Å². The van der Waals surface area contributed by atoms with Crippen molar-refractivity contribution in [1.82, 2.24) is 5.32 Å².